The molecule has 152 valence electrons. The normalized spacial score (nSPS) is 13.8. The highest BCUT2D eigenvalue weighted by Crippen LogP contribution is 2.29. The number of nitrogens with one attached hydrogen (secondary N) is 1. The van der Waals surface area contributed by atoms with Crippen LogP contribution in [0.5, 0.6) is 5.75 Å². The number of hydrogen-bond donors (Lipinski definition) is 1. The molecule has 0 spiro atoms. The van der Waals surface area contributed by atoms with Crippen molar-refractivity contribution in [3.63, 3.8) is 0 Å². The van der Waals surface area contributed by atoms with E-state index in [4.69, 9.17) is 9.15 Å². The van der Waals surface area contributed by atoms with E-state index < -0.39 is 5.82 Å². The molecule has 30 heavy (non-hydrogen) atoms. The summed E-state index contributed by atoms with van der Waals surface area (Å²) in [4.78, 5) is 16.6. The molecule has 1 aliphatic rings. The van der Waals surface area contributed by atoms with Gasteiger partial charge in [0.1, 0.15) is 29.5 Å². The lowest BCUT2D eigenvalue weighted by Crippen LogP contribution is -2.17. The molecule has 4 heterocycles. The second-order valence-electron chi connectivity index (χ2n) is 7.26. The average Bonchev–Trinajstić information content (AvgIpc) is 2.93. The molecule has 1 aromatic carbocycles. The quantitative estimate of drug-likeness (QED) is 0.564. The van der Waals surface area contributed by atoms with Crippen LogP contribution in [0.3, 0.4) is 0 Å². The molecule has 0 fully saturated rings. The molecule has 4 aromatic rings. The van der Waals surface area contributed by atoms with Crippen LogP contribution in [0.25, 0.3) is 16.7 Å². The monoisotopic (exact) mass is 405 g/mol. The van der Waals surface area contributed by atoms with Gasteiger partial charge in [-0.15, -0.1) is 0 Å². The van der Waals surface area contributed by atoms with Gasteiger partial charge in [-0.2, -0.15) is 0 Å². The Bertz CT molecular complexity index is 1260. The van der Waals surface area contributed by atoms with Crippen LogP contribution in [0.1, 0.15) is 17.0 Å². The topological polar surface area (TPSA) is 69.3 Å². The number of nitrogens with zero attached hydrogens (tertiary/aromatic N) is 2. The molecule has 7 heteroatoms. The predicted molar refractivity (Wildman–Crippen MR) is 111 cm³/mol. The van der Waals surface area contributed by atoms with Crippen LogP contribution in [-0.2, 0) is 19.4 Å². The molecule has 0 saturated carbocycles. The summed E-state index contributed by atoms with van der Waals surface area (Å²) in [7, 11) is 0. The number of aromatic nitrogens is 2. The molecule has 0 amide bonds. The maximum Gasteiger partial charge on any atom is 0.258 e. The Morgan fingerprint density at radius 2 is 2.03 bits per heavy atom. The first-order valence-electron chi connectivity index (χ1n) is 9.89. The van der Waals surface area contributed by atoms with Gasteiger partial charge in [0, 0.05) is 41.9 Å². The zero-order valence-electron chi connectivity index (χ0n) is 16.2. The van der Waals surface area contributed by atoms with E-state index in [0.717, 1.165) is 54.5 Å². The molecule has 1 N–H and O–H groups in total. The van der Waals surface area contributed by atoms with E-state index in [1.807, 2.05) is 18.2 Å². The van der Waals surface area contributed by atoms with Crippen molar-refractivity contribution in [1.82, 2.24) is 14.9 Å². The first-order valence-corrected chi connectivity index (χ1v) is 9.89. The Labute approximate surface area is 171 Å². The average molecular weight is 405 g/mol. The number of furan rings is 1. The number of pyridine rings is 2. The summed E-state index contributed by atoms with van der Waals surface area (Å²) in [5.74, 6) is 1.06. The van der Waals surface area contributed by atoms with Crippen LogP contribution in [0.2, 0.25) is 0 Å². The lowest BCUT2D eigenvalue weighted by atomic mass is 10.1. The maximum atomic E-state index is 12.9. The van der Waals surface area contributed by atoms with Crippen molar-refractivity contribution in [3.8, 4) is 11.4 Å². The van der Waals surface area contributed by atoms with Gasteiger partial charge in [-0.1, -0.05) is 0 Å². The minimum Gasteiger partial charge on any atom is -0.487 e. The number of rotatable bonds is 4. The van der Waals surface area contributed by atoms with E-state index >= 15 is 0 Å². The molecule has 0 radical (unpaired) electrons. The summed E-state index contributed by atoms with van der Waals surface area (Å²) in [6.45, 7) is 1.99. The lowest BCUT2D eigenvalue weighted by Gasteiger charge is -2.09. The number of benzene rings is 1. The lowest BCUT2D eigenvalue weighted by molar-refractivity contribution is 0.300. The van der Waals surface area contributed by atoms with Crippen LogP contribution in [0.15, 0.2) is 64.1 Å². The molecule has 0 atom stereocenters. The highest BCUT2D eigenvalue weighted by atomic mass is 19.1. The Morgan fingerprint density at radius 1 is 1.13 bits per heavy atom. The maximum absolute atomic E-state index is 12.9. The van der Waals surface area contributed by atoms with E-state index in [1.54, 1.807) is 22.9 Å². The van der Waals surface area contributed by atoms with Crippen molar-refractivity contribution < 1.29 is 13.5 Å². The first-order chi connectivity index (χ1) is 14.7. The first kappa shape index (κ1) is 18.6. The Balaban J connectivity index is 1.41. The van der Waals surface area contributed by atoms with Crippen LogP contribution in [0.4, 0.5) is 4.39 Å². The number of halogens is 1. The minimum atomic E-state index is -0.399. The molecule has 0 saturated heterocycles. The van der Waals surface area contributed by atoms with E-state index in [0.29, 0.717) is 11.4 Å². The van der Waals surface area contributed by atoms with Crippen LogP contribution >= 0.6 is 0 Å². The fourth-order valence-electron chi connectivity index (χ4n) is 3.77. The predicted octanol–water partition coefficient (Wildman–Crippen LogP) is 3.39. The second-order valence-corrected chi connectivity index (χ2v) is 7.26. The standard InChI is InChI=1S/C23H20FN3O3/c24-15-1-2-16(26-13-15)14-29-18-7-10-27(23(28)12-18)17-3-4-21-20(11-17)19-5-8-25-9-6-22(19)30-21/h1-4,7,10-13,25H,5-6,8-9,14H2. The third-order valence-corrected chi connectivity index (χ3v) is 5.28. The minimum absolute atomic E-state index is 0.158. The van der Waals surface area contributed by atoms with Crippen molar-refractivity contribution in [1.29, 1.82) is 0 Å². The van der Waals surface area contributed by atoms with E-state index in [9.17, 15) is 9.18 Å². The molecule has 6 nitrogen and oxygen atoms in total. The van der Waals surface area contributed by atoms with Crippen LogP contribution < -0.4 is 15.6 Å². The molecule has 0 unspecified atom stereocenters. The van der Waals surface area contributed by atoms with Crippen molar-refractivity contribution in [3.05, 3.63) is 88.0 Å². The second kappa shape index (κ2) is 7.76. The van der Waals surface area contributed by atoms with Gasteiger partial charge in [0.2, 0.25) is 0 Å². The van der Waals surface area contributed by atoms with Crippen molar-refractivity contribution in [2.45, 2.75) is 19.4 Å². The van der Waals surface area contributed by atoms with Crippen molar-refractivity contribution in [2.24, 2.45) is 0 Å². The molecule has 5 rings (SSSR count). The SMILES string of the molecule is O=c1cc(OCc2ccc(F)cn2)ccn1-c1ccc2oc3c(c2c1)CCNCC3. The zero-order valence-corrected chi connectivity index (χ0v) is 16.2. The van der Waals surface area contributed by atoms with E-state index in [-0.39, 0.29) is 12.2 Å². The zero-order chi connectivity index (χ0) is 20.5. The summed E-state index contributed by atoms with van der Waals surface area (Å²) < 4.78 is 26.2. The number of ether oxygens (including phenoxy) is 1. The fourth-order valence-corrected chi connectivity index (χ4v) is 3.77. The summed E-state index contributed by atoms with van der Waals surface area (Å²) in [5.41, 5.74) is 3.23. The summed E-state index contributed by atoms with van der Waals surface area (Å²) in [6.07, 6.45) is 4.61. The summed E-state index contributed by atoms with van der Waals surface area (Å²) in [6, 6.07) is 11.9. The highest BCUT2D eigenvalue weighted by Gasteiger charge is 2.17. The number of hydrogen-bond acceptors (Lipinski definition) is 5. The van der Waals surface area contributed by atoms with Crippen molar-refractivity contribution in [2.75, 3.05) is 13.1 Å². The summed E-state index contributed by atoms with van der Waals surface area (Å²) >= 11 is 0. The van der Waals surface area contributed by atoms with Crippen LogP contribution in [0, 0.1) is 5.82 Å². The third kappa shape index (κ3) is 3.59. The highest BCUT2D eigenvalue weighted by molar-refractivity contribution is 5.84. The van der Waals surface area contributed by atoms with Gasteiger partial charge in [0.05, 0.1) is 11.9 Å². The third-order valence-electron chi connectivity index (χ3n) is 5.28. The van der Waals surface area contributed by atoms with Gasteiger partial charge < -0.3 is 14.5 Å². The molecule has 3 aromatic heterocycles. The Hall–Kier alpha value is -3.45. The largest absolute Gasteiger partial charge is 0.487 e. The number of fused-ring (bicyclic) bond motifs is 3. The van der Waals surface area contributed by atoms with Gasteiger partial charge in [-0.25, -0.2) is 4.39 Å². The van der Waals surface area contributed by atoms with E-state index in [1.165, 1.54) is 17.7 Å². The summed E-state index contributed by atoms with van der Waals surface area (Å²) in [5, 5.41) is 4.44. The Morgan fingerprint density at radius 3 is 2.87 bits per heavy atom. The molecule has 0 aliphatic carbocycles. The van der Waals surface area contributed by atoms with Gasteiger partial charge >= 0.3 is 0 Å². The van der Waals surface area contributed by atoms with Gasteiger partial charge in [-0.05, 0) is 49.4 Å². The van der Waals surface area contributed by atoms with Gasteiger partial charge in [0.25, 0.3) is 5.56 Å². The fraction of sp³-hybridized carbons (Fsp3) is 0.217. The smallest absolute Gasteiger partial charge is 0.258 e. The van der Waals surface area contributed by atoms with Gasteiger partial charge in [-0.3, -0.25) is 14.3 Å². The molecular formula is C23H20FN3O3. The molecule has 1 aliphatic heterocycles. The van der Waals surface area contributed by atoms with Crippen molar-refractivity contribution >= 4 is 11.0 Å². The Kier molecular flexibility index (Phi) is 4.80. The van der Waals surface area contributed by atoms with Crippen LogP contribution in [-0.4, -0.2) is 22.6 Å². The molecular weight excluding hydrogens is 385 g/mol. The van der Waals surface area contributed by atoms with E-state index in [2.05, 4.69) is 10.3 Å². The molecule has 0 bridgehead atoms. The van der Waals surface area contributed by atoms with Gasteiger partial charge in [0.15, 0.2) is 0 Å².